The Bertz CT molecular complexity index is 1250. The van der Waals surface area contributed by atoms with Gasteiger partial charge in [-0.15, -0.1) is 0 Å². The predicted octanol–water partition coefficient (Wildman–Crippen LogP) is 5.83. The first-order chi connectivity index (χ1) is 14.8. The molecule has 158 valence electrons. The summed E-state index contributed by atoms with van der Waals surface area (Å²) >= 11 is 1.30. The van der Waals surface area contributed by atoms with Crippen molar-refractivity contribution in [3.8, 4) is 5.75 Å². The van der Waals surface area contributed by atoms with E-state index in [1.54, 1.807) is 6.07 Å². The molecule has 0 bridgehead atoms. The van der Waals surface area contributed by atoms with Crippen molar-refractivity contribution in [3.05, 3.63) is 90.5 Å². The molecular weight excluding hydrogens is 430 g/mol. The number of carbonyl (C=O) groups excluding carboxylic acids is 1. The third-order valence-electron chi connectivity index (χ3n) is 4.54. The summed E-state index contributed by atoms with van der Waals surface area (Å²) in [6.07, 6.45) is 2.92. The number of carbonyl (C=O) groups is 1. The molecule has 0 saturated carbocycles. The highest BCUT2D eigenvalue weighted by Crippen LogP contribution is 2.42. The Kier molecular flexibility index (Phi) is 6.68. The first-order valence-corrected chi connectivity index (χ1v) is 11.6. The minimum Gasteiger partial charge on any atom is -0.506 e. The van der Waals surface area contributed by atoms with Crippen LogP contribution in [-0.4, -0.2) is 19.3 Å². The maximum atomic E-state index is 13.0. The van der Waals surface area contributed by atoms with Gasteiger partial charge in [0.05, 0.1) is 15.5 Å². The SMILES string of the molecule is C=Cc1c(NS(=O)(=O)c2ccc(C(C)=O)cc2)cc(Sc2ccccc2)c(O)c1C=C. The highest BCUT2D eigenvalue weighted by atomic mass is 32.2. The highest BCUT2D eigenvalue weighted by molar-refractivity contribution is 7.99. The van der Waals surface area contributed by atoms with Gasteiger partial charge in [0.25, 0.3) is 10.0 Å². The van der Waals surface area contributed by atoms with Gasteiger partial charge in [-0.2, -0.15) is 0 Å². The van der Waals surface area contributed by atoms with Gasteiger partial charge in [0.2, 0.25) is 0 Å². The van der Waals surface area contributed by atoms with Crippen molar-refractivity contribution in [1.82, 2.24) is 0 Å². The maximum absolute atomic E-state index is 13.0. The summed E-state index contributed by atoms with van der Waals surface area (Å²) in [5.41, 5.74) is 1.47. The van der Waals surface area contributed by atoms with Gasteiger partial charge in [-0.1, -0.05) is 67.4 Å². The molecule has 0 unspecified atom stereocenters. The number of phenolic OH excluding ortho intramolecular Hbond substituents is 1. The zero-order chi connectivity index (χ0) is 22.6. The fourth-order valence-electron chi connectivity index (χ4n) is 2.96. The number of rotatable bonds is 8. The van der Waals surface area contributed by atoms with E-state index in [4.69, 9.17) is 0 Å². The van der Waals surface area contributed by atoms with Crippen LogP contribution in [0.3, 0.4) is 0 Å². The molecule has 7 heteroatoms. The van der Waals surface area contributed by atoms with E-state index in [1.165, 1.54) is 55.1 Å². The quantitative estimate of drug-likeness (QED) is 0.332. The molecule has 5 nitrogen and oxygen atoms in total. The molecule has 3 aromatic carbocycles. The number of benzene rings is 3. The summed E-state index contributed by atoms with van der Waals surface area (Å²) in [5, 5.41) is 10.7. The van der Waals surface area contributed by atoms with Crippen molar-refractivity contribution < 1.29 is 18.3 Å². The molecule has 3 rings (SSSR count). The van der Waals surface area contributed by atoms with Crippen molar-refractivity contribution in [2.24, 2.45) is 0 Å². The van der Waals surface area contributed by atoms with E-state index in [2.05, 4.69) is 17.9 Å². The molecule has 3 aromatic rings. The monoisotopic (exact) mass is 451 g/mol. The molecule has 2 N–H and O–H groups in total. The van der Waals surface area contributed by atoms with Crippen LogP contribution >= 0.6 is 11.8 Å². The van der Waals surface area contributed by atoms with Gasteiger partial charge in [-0.3, -0.25) is 9.52 Å². The van der Waals surface area contributed by atoms with Gasteiger partial charge in [0.15, 0.2) is 5.78 Å². The van der Waals surface area contributed by atoms with Crippen LogP contribution in [0.1, 0.15) is 28.4 Å². The highest BCUT2D eigenvalue weighted by Gasteiger charge is 2.20. The average molecular weight is 452 g/mol. The zero-order valence-electron chi connectivity index (χ0n) is 16.8. The molecule has 0 radical (unpaired) electrons. The largest absolute Gasteiger partial charge is 0.506 e. The van der Waals surface area contributed by atoms with E-state index in [0.717, 1.165) is 4.90 Å². The third-order valence-corrected chi connectivity index (χ3v) is 6.96. The number of Topliss-reactive ketones (excluding diaryl/α,β-unsaturated/α-hetero) is 1. The van der Waals surface area contributed by atoms with Crippen LogP contribution in [0.5, 0.6) is 5.75 Å². The summed E-state index contributed by atoms with van der Waals surface area (Å²) < 4.78 is 28.5. The smallest absolute Gasteiger partial charge is 0.261 e. The number of nitrogens with one attached hydrogen (secondary N) is 1. The Balaban J connectivity index is 2.06. The minimum absolute atomic E-state index is 0.00693. The van der Waals surface area contributed by atoms with Crippen molar-refractivity contribution in [2.45, 2.75) is 21.6 Å². The summed E-state index contributed by atoms with van der Waals surface area (Å²) in [6, 6.07) is 16.7. The lowest BCUT2D eigenvalue weighted by atomic mass is 10.0. The average Bonchev–Trinajstić information content (AvgIpc) is 2.76. The van der Waals surface area contributed by atoms with Gasteiger partial charge in [0, 0.05) is 21.6 Å². The molecule has 0 saturated heterocycles. The fourth-order valence-corrected chi connectivity index (χ4v) is 4.96. The molecule has 0 fully saturated rings. The van der Waals surface area contributed by atoms with Crippen LogP contribution in [0.4, 0.5) is 5.69 Å². The molecule has 0 aliphatic heterocycles. The van der Waals surface area contributed by atoms with E-state index in [-0.39, 0.29) is 22.1 Å². The Labute approximate surface area is 186 Å². The number of sulfonamides is 1. The van der Waals surface area contributed by atoms with E-state index >= 15 is 0 Å². The van der Waals surface area contributed by atoms with Crippen molar-refractivity contribution in [2.75, 3.05) is 4.72 Å². The second kappa shape index (κ2) is 9.24. The van der Waals surface area contributed by atoms with Crippen LogP contribution in [0.25, 0.3) is 12.2 Å². The number of hydrogen-bond acceptors (Lipinski definition) is 5. The van der Waals surface area contributed by atoms with Crippen molar-refractivity contribution >= 4 is 45.4 Å². The van der Waals surface area contributed by atoms with E-state index in [0.29, 0.717) is 21.6 Å². The number of aromatic hydroxyl groups is 1. The first-order valence-electron chi connectivity index (χ1n) is 9.28. The first kappa shape index (κ1) is 22.4. The zero-order valence-corrected chi connectivity index (χ0v) is 18.5. The molecule has 0 spiro atoms. The molecular formula is C24H21NO4S2. The Morgan fingerprint density at radius 1 is 1.00 bits per heavy atom. The fraction of sp³-hybridized carbons (Fsp3) is 0.0417. The molecule has 31 heavy (non-hydrogen) atoms. The second-order valence-corrected chi connectivity index (χ2v) is 9.41. The molecule has 0 atom stereocenters. The summed E-state index contributed by atoms with van der Waals surface area (Å²) in [5.74, 6) is -0.157. The number of hydrogen-bond donors (Lipinski definition) is 2. The van der Waals surface area contributed by atoms with Crippen LogP contribution < -0.4 is 4.72 Å². The molecule has 0 aliphatic rings. The van der Waals surface area contributed by atoms with Gasteiger partial charge in [-0.05, 0) is 37.3 Å². The van der Waals surface area contributed by atoms with Crippen LogP contribution in [0.2, 0.25) is 0 Å². The molecule has 0 aliphatic carbocycles. The normalized spacial score (nSPS) is 11.0. The Hall–Kier alpha value is -3.29. The minimum atomic E-state index is -3.95. The number of phenols is 1. The summed E-state index contributed by atoms with van der Waals surface area (Å²) in [6.45, 7) is 8.91. The topological polar surface area (TPSA) is 83.5 Å². The Morgan fingerprint density at radius 2 is 1.61 bits per heavy atom. The van der Waals surface area contributed by atoms with Gasteiger partial charge >= 0.3 is 0 Å². The lowest BCUT2D eigenvalue weighted by molar-refractivity contribution is 0.101. The maximum Gasteiger partial charge on any atom is 0.261 e. The van der Waals surface area contributed by atoms with Gasteiger partial charge in [0.1, 0.15) is 5.75 Å². The summed E-state index contributed by atoms with van der Waals surface area (Å²) in [7, 11) is -3.95. The van der Waals surface area contributed by atoms with E-state index in [1.807, 2.05) is 30.3 Å². The van der Waals surface area contributed by atoms with Gasteiger partial charge in [-0.25, -0.2) is 8.42 Å². The number of ketones is 1. The lowest BCUT2D eigenvalue weighted by Gasteiger charge is -2.17. The van der Waals surface area contributed by atoms with Gasteiger partial charge < -0.3 is 5.11 Å². The van der Waals surface area contributed by atoms with E-state index in [9.17, 15) is 18.3 Å². The molecule has 0 aromatic heterocycles. The van der Waals surface area contributed by atoms with E-state index < -0.39 is 10.0 Å². The second-order valence-electron chi connectivity index (χ2n) is 6.61. The molecule has 0 heterocycles. The van der Waals surface area contributed by atoms with Crippen LogP contribution in [0.15, 0.2) is 88.5 Å². The number of anilines is 1. The summed E-state index contributed by atoms with van der Waals surface area (Å²) in [4.78, 5) is 12.8. The Morgan fingerprint density at radius 3 is 2.16 bits per heavy atom. The lowest BCUT2D eigenvalue weighted by Crippen LogP contribution is -2.14. The van der Waals surface area contributed by atoms with Crippen LogP contribution in [0, 0.1) is 0 Å². The predicted molar refractivity (Wildman–Crippen MR) is 126 cm³/mol. The van der Waals surface area contributed by atoms with Crippen molar-refractivity contribution in [1.29, 1.82) is 0 Å². The van der Waals surface area contributed by atoms with Crippen molar-refractivity contribution in [3.63, 3.8) is 0 Å². The standard InChI is InChI=1S/C24H21NO4S2/c1-4-20-21(5-2)24(27)23(30-18-9-7-6-8-10-18)15-22(20)25-31(28,29)19-13-11-17(12-14-19)16(3)26/h4-15,25,27H,1-2H2,3H3. The third kappa shape index (κ3) is 4.90. The molecule has 0 amide bonds. The van der Waals surface area contributed by atoms with Crippen LogP contribution in [-0.2, 0) is 10.0 Å².